The van der Waals surface area contributed by atoms with Crippen LogP contribution in [0.4, 0.5) is 0 Å². The Kier molecular flexibility index (Phi) is 3.63. The van der Waals surface area contributed by atoms with Crippen molar-refractivity contribution in [1.82, 2.24) is 9.88 Å². The molecule has 0 bridgehead atoms. The Bertz CT molecular complexity index is 829. The number of rotatable bonds is 3. The van der Waals surface area contributed by atoms with E-state index in [9.17, 15) is 14.7 Å². The molecule has 25 heavy (non-hydrogen) atoms. The third-order valence-corrected chi connectivity index (χ3v) is 5.56. The zero-order valence-electron chi connectivity index (χ0n) is 14.1. The van der Waals surface area contributed by atoms with Gasteiger partial charge in [-0.25, -0.2) is 4.98 Å². The first-order valence-electron chi connectivity index (χ1n) is 8.57. The molecule has 0 radical (unpaired) electrons. The molecule has 1 aliphatic carbocycles. The lowest BCUT2D eigenvalue weighted by molar-refractivity contribution is -0.149. The second-order valence-electron chi connectivity index (χ2n) is 7.01. The summed E-state index contributed by atoms with van der Waals surface area (Å²) in [6.45, 7) is 2.44. The van der Waals surface area contributed by atoms with Crippen LogP contribution in [0.3, 0.4) is 0 Å². The number of carbonyl (C=O) groups is 2. The Labute approximate surface area is 145 Å². The van der Waals surface area contributed by atoms with Crippen LogP contribution in [0.2, 0.25) is 0 Å². The second kappa shape index (κ2) is 5.72. The Balaban J connectivity index is 1.66. The fourth-order valence-electron chi connectivity index (χ4n) is 4.30. The molecule has 1 aromatic carbocycles. The molecule has 4 rings (SSSR count). The summed E-state index contributed by atoms with van der Waals surface area (Å²) in [6, 6.07) is 9.39. The standard InChI is InChI=1S/C19H20N2O4/c1-12-20-15(16(25-12)13-6-3-2-4-7-13)17(22)21-10-14-8-5-9-19(14,11-21)18(23)24/h2-4,6-7,14H,5,8-11H2,1H3,(H,23,24)/t14-,19+/m0/s1. The number of aromatic nitrogens is 1. The van der Waals surface area contributed by atoms with E-state index >= 15 is 0 Å². The van der Waals surface area contributed by atoms with Gasteiger partial charge < -0.3 is 14.4 Å². The van der Waals surface area contributed by atoms with Crippen LogP contribution in [0.25, 0.3) is 11.3 Å². The van der Waals surface area contributed by atoms with E-state index in [1.807, 2.05) is 30.3 Å². The lowest BCUT2D eigenvalue weighted by Gasteiger charge is -2.23. The molecule has 1 aliphatic heterocycles. The van der Waals surface area contributed by atoms with Crippen molar-refractivity contribution >= 4 is 11.9 Å². The Morgan fingerprint density at radius 3 is 2.76 bits per heavy atom. The number of nitrogens with zero attached hydrogens (tertiary/aromatic N) is 2. The molecule has 6 heteroatoms. The number of amides is 1. The zero-order valence-corrected chi connectivity index (χ0v) is 14.1. The van der Waals surface area contributed by atoms with Gasteiger partial charge >= 0.3 is 5.97 Å². The van der Waals surface area contributed by atoms with Crippen molar-refractivity contribution in [3.63, 3.8) is 0 Å². The van der Waals surface area contributed by atoms with Crippen molar-refractivity contribution in [2.24, 2.45) is 11.3 Å². The molecule has 0 unspecified atom stereocenters. The molecule has 130 valence electrons. The number of likely N-dealkylation sites (tertiary alicyclic amines) is 1. The number of hydrogen-bond donors (Lipinski definition) is 1. The quantitative estimate of drug-likeness (QED) is 0.928. The molecule has 2 heterocycles. The first-order valence-corrected chi connectivity index (χ1v) is 8.57. The van der Waals surface area contributed by atoms with Gasteiger partial charge in [0, 0.05) is 25.6 Å². The van der Waals surface area contributed by atoms with E-state index in [2.05, 4.69) is 4.98 Å². The summed E-state index contributed by atoms with van der Waals surface area (Å²) in [7, 11) is 0. The average molecular weight is 340 g/mol. The SMILES string of the molecule is Cc1nc(C(=O)N2C[C@@H]3CCC[C@@]3(C(=O)O)C2)c(-c2ccccc2)o1. The van der Waals surface area contributed by atoms with Crippen molar-refractivity contribution in [2.75, 3.05) is 13.1 Å². The minimum absolute atomic E-state index is 0.0297. The minimum atomic E-state index is -0.790. The van der Waals surface area contributed by atoms with Gasteiger partial charge in [0.2, 0.25) is 0 Å². The predicted molar refractivity (Wildman–Crippen MR) is 90.0 cm³/mol. The summed E-state index contributed by atoms with van der Waals surface area (Å²) in [6.07, 6.45) is 2.41. The summed E-state index contributed by atoms with van der Waals surface area (Å²) in [5, 5.41) is 9.71. The summed E-state index contributed by atoms with van der Waals surface area (Å²) >= 11 is 0. The summed E-state index contributed by atoms with van der Waals surface area (Å²) in [5.74, 6) is -0.128. The van der Waals surface area contributed by atoms with Crippen LogP contribution in [-0.4, -0.2) is 40.0 Å². The van der Waals surface area contributed by atoms with Crippen molar-refractivity contribution in [3.05, 3.63) is 41.9 Å². The number of fused-ring (bicyclic) bond motifs is 1. The van der Waals surface area contributed by atoms with E-state index in [0.717, 1.165) is 18.4 Å². The summed E-state index contributed by atoms with van der Waals surface area (Å²) in [5.41, 5.74) is 0.268. The lowest BCUT2D eigenvalue weighted by atomic mass is 9.81. The van der Waals surface area contributed by atoms with E-state index in [1.54, 1.807) is 11.8 Å². The van der Waals surface area contributed by atoms with Crippen LogP contribution >= 0.6 is 0 Å². The summed E-state index contributed by atoms with van der Waals surface area (Å²) in [4.78, 5) is 30.8. The first kappa shape index (κ1) is 15.9. The number of benzene rings is 1. The number of aliphatic carboxylic acids is 1. The molecule has 2 aromatic rings. The van der Waals surface area contributed by atoms with Crippen LogP contribution < -0.4 is 0 Å². The molecular formula is C19H20N2O4. The molecule has 1 amide bonds. The van der Waals surface area contributed by atoms with Crippen LogP contribution in [-0.2, 0) is 4.79 Å². The van der Waals surface area contributed by atoms with Crippen LogP contribution in [0.5, 0.6) is 0 Å². The van der Waals surface area contributed by atoms with Crippen LogP contribution in [0.1, 0.15) is 35.6 Å². The molecule has 1 aromatic heterocycles. The Morgan fingerprint density at radius 2 is 2.08 bits per heavy atom. The van der Waals surface area contributed by atoms with Gasteiger partial charge in [0.1, 0.15) is 0 Å². The van der Waals surface area contributed by atoms with E-state index in [1.165, 1.54) is 0 Å². The van der Waals surface area contributed by atoms with Gasteiger partial charge in [0.25, 0.3) is 5.91 Å². The van der Waals surface area contributed by atoms with Crippen molar-refractivity contribution in [2.45, 2.75) is 26.2 Å². The topological polar surface area (TPSA) is 83.6 Å². The fraction of sp³-hybridized carbons (Fsp3) is 0.421. The third kappa shape index (κ3) is 2.44. The Morgan fingerprint density at radius 1 is 1.32 bits per heavy atom. The largest absolute Gasteiger partial charge is 0.481 e. The van der Waals surface area contributed by atoms with E-state index in [4.69, 9.17) is 4.42 Å². The normalized spacial score (nSPS) is 25.2. The maximum absolute atomic E-state index is 13.1. The van der Waals surface area contributed by atoms with Gasteiger partial charge in [0.05, 0.1) is 5.41 Å². The number of carboxylic acids is 1. The Hall–Kier alpha value is -2.63. The monoisotopic (exact) mass is 340 g/mol. The molecule has 6 nitrogen and oxygen atoms in total. The molecule has 1 N–H and O–H groups in total. The smallest absolute Gasteiger partial charge is 0.311 e. The van der Waals surface area contributed by atoms with Gasteiger partial charge in [-0.1, -0.05) is 36.8 Å². The molecule has 0 spiro atoms. The second-order valence-corrected chi connectivity index (χ2v) is 7.01. The number of oxazole rings is 1. The first-order chi connectivity index (χ1) is 12.0. The van der Waals surface area contributed by atoms with Crippen molar-refractivity contribution < 1.29 is 19.1 Å². The molecule has 1 saturated carbocycles. The highest BCUT2D eigenvalue weighted by atomic mass is 16.4. The molecule has 2 atom stereocenters. The molecular weight excluding hydrogens is 320 g/mol. The fourth-order valence-corrected chi connectivity index (χ4v) is 4.30. The molecule has 2 fully saturated rings. The van der Waals surface area contributed by atoms with Crippen LogP contribution in [0.15, 0.2) is 34.7 Å². The molecule has 2 aliphatic rings. The van der Waals surface area contributed by atoms with Gasteiger partial charge in [-0.2, -0.15) is 0 Å². The molecule has 1 saturated heterocycles. The van der Waals surface area contributed by atoms with E-state index < -0.39 is 11.4 Å². The van der Waals surface area contributed by atoms with Gasteiger partial charge in [-0.3, -0.25) is 9.59 Å². The van der Waals surface area contributed by atoms with E-state index in [0.29, 0.717) is 24.6 Å². The van der Waals surface area contributed by atoms with Crippen LogP contribution in [0, 0.1) is 18.3 Å². The number of carboxylic acid groups (broad SMARTS) is 1. The minimum Gasteiger partial charge on any atom is -0.481 e. The van der Waals surface area contributed by atoms with Gasteiger partial charge in [-0.05, 0) is 18.8 Å². The number of hydrogen-bond acceptors (Lipinski definition) is 4. The van der Waals surface area contributed by atoms with Crippen molar-refractivity contribution in [3.8, 4) is 11.3 Å². The average Bonchev–Trinajstić information content (AvgIpc) is 3.27. The lowest BCUT2D eigenvalue weighted by Crippen LogP contribution is -2.37. The highest BCUT2D eigenvalue weighted by molar-refractivity contribution is 5.98. The summed E-state index contributed by atoms with van der Waals surface area (Å²) < 4.78 is 5.67. The highest BCUT2D eigenvalue weighted by Crippen LogP contribution is 2.49. The maximum Gasteiger partial charge on any atom is 0.311 e. The zero-order chi connectivity index (χ0) is 17.6. The maximum atomic E-state index is 13.1. The highest BCUT2D eigenvalue weighted by Gasteiger charge is 2.56. The van der Waals surface area contributed by atoms with E-state index in [-0.39, 0.29) is 24.1 Å². The predicted octanol–water partition coefficient (Wildman–Crippen LogP) is 2.98. The third-order valence-electron chi connectivity index (χ3n) is 5.56. The van der Waals surface area contributed by atoms with Crippen molar-refractivity contribution in [1.29, 1.82) is 0 Å². The number of aryl methyl sites for hydroxylation is 1. The number of carbonyl (C=O) groups excluding carboxylic acids is 1. The van der Waals surface area contributed by atoms with Gasteiger partial charge in [0.15, 0.2) is 17.3 Å². The van der Waals surface area contributed by atoms with Gasteiger partial charge in [-0.15, -0.1) is 0 Å².